The van der Waals surface area contributed by atoms with Crippen LogP contribution in [0, 0.1) is 5.82 Å². The zero-order chi connectivity index (χ0) is 20.9. The highest BCUT2D eigenvalue weighted by molar-refractivity contribution is 7.99. The zero-order valence-electron chi connectivity index (χ0n) is 15.7. The van der Waals surface area contributed by atoms with Crippen molar-refractivity contribution in [2.45, 2.75) is 23.9 Å². The van der Waals surface area contributed by atoms with Crippen LogP contribution in [0.2, 0.25) is 0 Å². The summed E-state index contributed by atoms with van der Waals surface area (Å²) in [6.45, 7) is 2.18. The number of thioether (sulfide) groups is 1. The lowest BCUT2D eigenvalue weighted by Crippen LogP contribution is -2.35. The van der Waals surface area contributed by atoms with E-state index in [2.05, 4.69) is 4.98 Å². The number of amides is 1. The first-order valence-corrected chi connectivity index (χ1v) is 10.3. The number of anilines is 1. The molecule has 1 saturated heterocycles. The summed E-state index contributed by atoms with van der Waals surface area (Å²) in [5, 5.41) is 0. The molecule has 1 aromatic heterocycles. The topological polar surface area (TPSA) is 36.4 Å². The van der Waals surface area contributed by atoms with Crippen LogP contribution < -0.4 is 4.90 Å². The van der Waals surface area contributed by atoms with Crippen molar-refractivity contribution in [3.05, 3.63) is 54.0 Å². The largest absolute Gasteiger partial charge is 0.417 e. The van der Waals surface area contributed by atoms with Gasteiger partial charge in [0.25, 0.3) is 0 Å². The maximum Gasteiger partial charge on any atom is 0.417 e. The molecule has 3 rings (SSSR count). The van der Waals surface area contributed by atoms with E-state index in [0.717, 1.165) is 12.3 Å². The number of alkyl halides is 3. The Morgan fingerprint density at radius 3 is 2.55 bits per heavy atom. The molecule has 0 unspecified atom stereocenters. The van der Waals surface area contributed by atoms with E-state index in [0.29, 0.717) is 55.5 Å². The van der Waals surface area contributed by atoms with E-state index in [1.165, 1.54) is 23.9 Å². The Labute approximate surface area is 170 Å². The van der Waals surface area contributed by atoms with Crippen LogP contribution in [0.1, 0.15) is 18.4 Å². The highest BCUT2D eigenvalue weighted by Gasteiger charge is 2.31. The number of hydrogen-bond acceptors (Lipinski definition) is 4. The number of aromatic nitrogens is 1. The predicted molar refractivity (Wildman–Crippen MR) is 104 cm³/mol. The SMILES string of the molecule is O=C(CCSc1ccccc1F)N1CCCN(c2ccc(C(F)(F)F)cn2)CC1. The number of benzene rings is 1. The average Bonchev–Trinajstić information content (AvgIpc) is 2.95. The molecule has 0 saturated carbocycles. The number of pyridine rings is 1. The second-order valence-electron chi connectivity index (χ2n) is 6.65. The molecule has 29 heavy (non-hydrogen) atoms. The fourth-order valence-electron chi connectivity index (χ4n) is 3.10. The van der Waals surface area contributed by atoms with Gasteiger partial charge < -0.3 is 9.80 Å². The lowest BCUT2D eigenvalue weighted by molar-refractivity contribution is -0.137. The van der Waals surface area contributed by atoms with Gasteiger partial charge in [-0.25, -0.2) is 9.37 Å². The van der Waals surface area contributed by atoms with Gasteiger partial charge in [-0.1, -0.05) is 12.1 Å². The van der Waals surface area contributed by atoms with Gasteiger partial charge in [-0.2, -0.15) is 13.2 Å². The summed E-state index contributed by atoms with van der Waals surface area (Å²) in [6, 6.07) is 8.85. The molecule has 0 aliphatic carbocycles. The fraction of sp³-hybridized carbons (Fsp3) is 0.400. The molecule has 0 N–H and O–H groups in total. The van der Waals surface area contributed by atoms with Crippen molar-refractivity contribution in [1.82, 2.24) is 9.88 Å². The van der Waals surface area contributed by atoms with Crippen molar-refractivity contribution in [2.24, 2.45) is 0 Å². The van der Waals surface area contributed by atoms with Crippen LogP contribution >= 0.6 is 11.8 Å². The molecule has 1 aromatic carbocycles. The number of halogens is 4. The standard InChI is InChI=1S/C20H21F4N3OS/c21-16-4-1-2-5-17(16)29-13-8-19(28)27-10-3-9-26(11-12-27)18-7-6-15(14-25-18)20(22,23)24/h1-2,4-7,14H,3,8-13H2. The number of nitrogens with zero attached hydrogens (tertiary/aromatic N) is 3. The van der Waals surface area contributed by atoms with E-state index in [4.69, 9.17) is 0 Å². The van der Waals surface area contributed by atoms with Gasteiger partial charge in [-0.05, 0) is 30.7 Å². The minimum atomic E-state index is -4.41. The Balaban J connectivity index is 1.50. The Bertz CT molecular complexity index is 829. The molecule has 0 spiro atoms. The predicted octanol–water partition coefficient (Wildman–Crippen LogP) is 4.46. The molecule has 4 nitrogen and oxygen atoms in total. The molecule has 1 amide bonds. The lowest BCUT2D eigenvalue weighted by atomic mass is 10.2. The summed E-state index contributed by atoms with van der Waals surface area (Å²) < 4.78 is 51.7. The highest BCUT2D eigenvalue weighted by atomic mass is 32.2. The van der Waals surface area contributed by atoms with E-state index in [-0.39, 0.29) is 11.7 Å². The number of hydrogen-bond donors (Lipinski definition) is 0. The normalized spacial score (nSPS) is 15.3. The Morgan fingerprint density at radius 1 is 1.07 bits per heavy atom. The lowest BCUT2D eigenvalue weighted by Gasteiger charge is -2.23. The minimum Gasteiger partial charge on any atom is -0.355 e. The molecule has 156 valence electrons. The van der Waals surface area contributed by atoms with Crippen LogP contribution in [-0.2, 0) is 11.0 Å². The summed E-state index contributed by atoms with van der Waals surface area (Å²) in [5.41, 5.74) is -0.778. The molecule has 9 heteroatoms. The first kappa shape index (κ1) is 21.4. The second-order valence-corrected chi connectivity index (χ2v) is 7.79. The quantitative estimate of drug-likeness (QED) is 0.522. The van der Waals surface area contributed by atoms with Gasteiger partial charge in [0, 0.05) is 49.4 Å². The van der Waals surface area contributed by atoms with E-state index < -0.39 is 11.7 Å². The van der Waals surface area contributed by atoms with Crippen LogP contribution in [0.3, 0.4) is 0 Å². The number of rotatable bonds is 5. The summed E-state index contributed by atoms with van der Waals surface area (Å²) >= 11 is 1.31. The maximum absolute atomic E-state index is 13.6. The van der Waals surface area contributed by atoms with Gasteiger partial charge in [0.05, 0.1) is 5.56 Å². The van der Waals surface area contributed by atoms with E-state index in [1.54, 1.807) is 23.1 Å². The molecule has 0 bridgehead atoms. The molecule has 1 fully saturated rings. The number of carbonyl (C=O) groups is 1. The Morgan fingerprint density at radius 2 is 1.86 bits per heavy atom. The van der Waals surface area contributed by atoms with Crippen LogP contribution in [-0.4, -0.2) is 47.7 Å². The smallest absolute Gasteiger partial charge is 0.355 e. The average molecular weight is 427 g/mol. The summed E-state index contributed by atoms with van der Waals surface area (Å²) in [5.74, 6) is 0.665. The van der Waals surface area contributed by atoms with Gasteiger partial charge in [0.2, 0.25) is 5.91 Å². The van der Waals surface area contributed by atoms with Crippen LogP contribution in [0.4, 0.5) is 23.4 Å². The van der Waals surface area contributed by atoms with Gasteiger partial charge in [0.15, 0.2) is 0 Å². The summed E-state index contributed by atoms with van der Waals surface area (Å²) in [4.78, 5) is 20.6. The summed E-state index contributed by atoms with van der Waals surface area (Å²) in [7, 11) is 0. The van der Waals surface area contributed by atoms with Crippen molar-refractivity contribution in [2.75, 3.05) is 36.8 Å². The van der Waals surface area contributed by atoms with E-state index in [1.807, 2.05) is 4.90 Å². The molecule has 0 atom stereocenters. The van der Waals surface area contributed by atoms with Gasteiger partial charge in [-0.3, -0.25) is 4.79 Å². The third-order valence-corrected chi connectivity index (χ3v) is 5.71. The van der Waals surface area contributed by atoms with Crippen molar-refractivity contribution >= 4 is 23.5 Å². The van der Waals surface area contributed by atoms with Gasteiger partial charge >= 0.3 is 6.18 Å². The van der Waals surface area contributed by atoms with Crippen LogP contribution in [0.5, 0.6) is 0 Å². The second kappa shape index (κ2) is 9.47. The third kappa shape index (κ3) is 5.85. The fourth-order valence-corrected chi connectivity index (χ4v) is 3.98. The van der Waals surface area contributed by atoms with E-state index in [9.17, 15) is 22.4 Å². The van der Waals surface area contributed by atoms with Crippen molar-refractivity contribution in [3.63, 3.8) is 0 Å². The molecular weight excluding hydrogens is 406 g/mol. The van der Waals surface area contributed by atoms with Gasteiger partial charge in [-0.15, -0.1) is 11.8 Å². The first-order chi connectivity index (χ1) is 13.8. The molecule has 0 radical (unpaired) electrons. The van der Waals surface area contributed by atoms with Crippen molar-refractivity contribution in [1.29, 1.82) is 0 Å². The first-order valence-electron chi connectivity index (χ1n) is 9.28. The van der Waals surface area contributed by atoms with Crippen molar-refractivity contribution < 1.29 is 22.4 Å². The minimum absolute atomic E-state index is 0.00364. The monoisotopic (exact) mass is 427 g/mol. The van der Waals surface area contributed by atoms with Crippen LogP contribution in [0.15, 0.2) is 47.5 Å². The zero-order valence-corrected chi connectivity index (χ0v) is 16.5. The highest BCUT2D eigenvalue weighted by Crippen LogP contribution is 2.29. The number of carbonyl (C=O) groups excluding carboxylic acids is 1. The Kier molecular flexibility index (Phi) is 7.00. The van der Waals surface area contributed by atoms with E-state index >= 15 is 0 Å². The molecular formula is C20H21F4N3OS. The molecule has 1 aliphatic rings. The Hall–Kier alpha value is -2.29. The van der Waals surface area contributed by atoms with Gasteiger partial charge in [0.1, 0.15) is 11.6 Å². The maximum atomic E-state index is 13.6. The molecule has 2 heterocycles. The molecule has 1 aliphatic heterocycles. The molecule has 2 aromatic rings. The summed E-state index contributed by atoms with van der Waals surface area (Å²) in [6.07, 6.45) is -2.57. The van der Waals surface area contributed by atoms with Crippen LogP contribution in [0.25, 0.3) is 0 Å². The van der Waals surface area contributed by atoms with Crippen molar-refractivity contribution in [3.8, 4) is 0 Å². The third-order valence-electron chi connectivity index (χ3n) is 4.66.